The van der Waals surface area contributed by atoms with Gasteiger partial charge in [0, 0.05) is 31.3 Å². The predicted octanol–water partition coefficient (Wildman–Crippen LogP) is 3.88. The van der Waals surface area contributed by atoms with Crippen LogP contribution in [0.3, 0.4) is 0 Å². The minimum atomic E-state index is -0.00913. The normalized spacial score (nSPS) is 17.5. The van der Waals surface area contributed by atoms with Gasteiger partial charge >= 0.3 is 0 Å². The van der Waals surface area contributed by atoms with Crippen LogP contribution in [-0.2, 0) is 4.74 Å². The van der Waals surface area contributed by atoms with Crippen LogP contribution in [0.25, 0.3) is 6.08 Å². The Morgan fingerprint density at radius 3 is 2.52 bits per heavy atom. The zero-order chi connectivity index (χ0) is 20.8. The average molecular weight is 446 g/mol. The summed E-state index contributed by atoms with van der Waals surface area (Å²) in [6.45, 7) is 7.80. The van der Waals surface area contributed by atoms with Gasteiger partial charge in [-0.3, -0.25) is 9.69 Å². The summed E-state index contributed by atoms with van der Waals surface area (Å²) in [6.07, 6.45) is 1.87. The lowest BCUT2D eigenvalue weighted by Gasteiger charge is -2.26. The minimum Gasteiger partial charge on any atom is -0.494 e. The van der Waals surface area contributed by atoms with E-state index in [1.54, 1.807) is 18.2 Å². The third-order valence-corrected chi connectivity index (χ3v) is 5.18. The molecule has 2 aromatic rings. The molecule has 2 heterocycles. The summed E-state index contributed by atoms with van der Waals surface area (Å²) in [6, 6.07) is 13.1. The molecule has 0 bridgehead atoms. The molecular weight excluding hydrogens is 418 g/mol. The fraction of sp³-hybridized carbons (Fsp3) is 0.375. The highest BCUT2D eigenvalue weighted by Gasteiger charge is 2.23. The molecule has 0 atom stereocenters. The van der Waals surface area contributed by atoms with Crippen LogP contribution in [0.15, 0.2) is 48.0 Å². The molecule has 7 heteroatoms. The Morgan fingerprint density at radius 1 is 1.03 bits per heavy atom. The molecule has 1 fully saturated rings. The molecule has 1 saturated heterocycles. The molecule has 0 amide bonds. The molecule has 2 aliphatic heterocycles. The van der Waals surface area contributed by atoms with E-state index < -0.39 is 0 Å². The van der Waals surface area contributed by atoms with E-state index in [0.29, 0.717) is 35.8 Å². The molecular formula is C24H28ClNO5. The van der Waals surface area contributed by atoms with Gasteiger partial charge in [-0.15, -0.1) is 12.4 Å². The second kappa shape index (κ2) is 11.2. The fourth-order valence-electron chi connectivity index (χ4n) is 3.55. The zero-order valence-electron chi connectivity index (χ0n) is 17.7. The first-order valence-electron chi connectivity index (χ1n) is 10.4. The number of Topliss-reactive ketones (excluding diaryl/α,β-unsaturated/α-hetero) is 1. The van der Waals surface area contributed by atoms with Gasteiger partial charge in [0.1, 0.15) is 30.5 Å². The number of ketones is 1. The van der Waals surface area contributed by atoms with Crippen molar-refractivity contribution in [3.05, 3.63) is 59.2 Å². The average Bonchev–Trinajstić information content (AvgIpc) is 2.78. The lowest BCUT2D eigenvalue weighted by molar-refractivity contribution is 0.0322. The Balaban J connectivity index is 0.00000272. The van der Waals surface area contributed by atoms with Gasteiger partial charge in [0.25, 0.3) is 0 Å². The maximum atomic E-state index is 12.8. The Hall–Kier alpha value is -2.54. The van der Waals surface area contributed by atoms with Crippen molar-refractivity contribution in [3.63, 3.8) is 0 Å². The Labute approximate surface area is 189 Å². The van der Waals surface area contributed by atoms with Crippen LogP contribution in [0.4, 0.5) is 0 Å². The number of rotatable bonds is 7. The number of carbonyl (C=O) groups is 1. The monoisotopic (exact) mass is 445 g/mol. The summed E-state index contributed by atoms with van der Waals surface area (Å²) >= 11 is 0. The minimum absolute atomic E-state index is 0. The Bertz CT molecular complexity index is 907. The summed E-state index contributed by atoms with van der Waals surface area (Å²) in [5.41, 5.74) is 2.14. The van der Waals surface area contributed by atoms with Crippen LogP contribution >= 0.6 is 12.4 Å². The second-order valence-corrected chi connectivity index (χ2v) is 7.25. The molecule has 0 aromatic heterocycles. The quantitative estimate of drug-likeness (QED) is 0.603. The lowest BCUT2D eigenvalue weighted by atomic mass is 9.98. The Morgan fingerprint density at radius 2 is 1.77 bits per heavy atom. The van der Waals surface area contributed by atoms with Crippen molar-refractivity contribution < 1.29 is 23.7 Å². The van der Waals surface area contributed by atoms with Gasteiger partial charge < -0.3 is 18.9 Å². The predicted molar refractivity (Wildman–Crippen MR) is 122 cm³/mol. The summed E-state index contributed by atoms with van der Waals surface area (Å²) in [7, 11) is 0. The van der Waals surface area contributed by atoms with Gasteiger partial charge in [-0.2, -0.15) is 0 Å². The number of hydrogen-bond donors (Lipinski definition) is 0. The number of ether oxygens (including phenoxy) is 4. The molecule has 6 nitrogen and oxygen atoms in total. The molecule has 0 spiro atoms. The van der Waals surface area contributed by atoms with Crippen molar-refractivity contribution in [1.29, 1.82) is 0 Å². The van der Waals surface area contributed by atoms with Crippen molar-refractivity contribution in [3.8, 4) is 17.2 Å². The maximum Gasteiger partial charge on any atom is 0.196 e. The molecule has 166 valence electrons. The van der Waals surface area contributed by atoms with Crippen LogP contribution in [0.5, 0.6) is 17.2 Å². The molecule has 2 aromatic carbocycles. The van der Waals surface area contributed by atoms with Crippen molar-refractivity contribution in [2.24, 2.45) is 0 Å². The van der Waals surface area contributed by atoms with Gasteiger partial charge in [-0.05, 0) is 42.8 Å². The third-order valence-electron chi connectivity index (χ3n) is 5.18. The van der Waals surface area contributed by atoms with E-state index in [-0.39, 0.29) is 24.8 Å². The summed E-state index contributed by atoms with van der Waals surface area (Å²) < 4.78 is 22.5. The highest BCUT2D eigenvalue weighted by molar-refractivity contribution is 6.14. The SMILES string of the molecule is CCOc1ccc2c(c1)OC/C(=C\c1ccc(OCCN3CCOCC3)cc1)C2=O.Cl. The van der Waals surface area contributed by atoms with E-state index in [1.165, 1.54) is 0 Å². The molecule has 31 heavy (non-hydrogen) atoms. The number of hydrogen-bond acceptors (Lipinski definition) is 6. The first-order chi connectivity index (χ1) is 14.7. The summed E-state index contributed by atoms with van der Waals surface area (Å²) in [4.78, 5) is 15.2. The number of carbonyl (C=O) groups excluding carboxylic acids is 1. The van der Waals surface area contributed by atoms with E-state index in [0.717, 1.165) is 44.2 Å². The van der Waals surface area contributed by atoms with E-state index in [1.807, 2.05) is 37.3 Å². The first kappa shape index (κ1) is 23.1. The molecule has 0 radical (unpaired) electrons. The van der Waals surface area contributed by atoms with E-state index >= 15 is 0 Å². The van der Waals surface area contributed by atoms with Crippen molar-refractivity contribution >= 4 is 24.3 Å². The molecule has 0 saturated carbocycles. The maximum absolute atomic E-state index is 12.8. The van der Waals surface area contributed by atoms with Crippen LogP contribution in [0.2, 0.25) is 0 Å². The zero-order valence-corrected chi connectivity index (χ0v) is 18.5. The topological polar surface area (TPSA) is 57.2 Å². The fourth-order valence-corrected chi connectivity index (χ4v) is 3.55. The lowest BCUT2D eigenvalue weighted by Crippen LogP contribution is -2.38. The van der Waals surface area contributed by atoms with Crippen molar-refractivity contribution in [2.75, 3.05) is 52.7 Å². The van der Waals surface area contributed by atoms with Crippen LogP contribution in [0, 0.1) is 0 Å². The summed E-state index contributed by atoms with van der Waals surface area (Å²) in [5, 5.41) is 0. The van der Waals surface area contributed by atoms with Gasteiger partial charge in [-0.1, -0.05) is 12.1 Å². The van der Waals surface area contributed by atoms with Crippen LogP contribution < -0.4 is 14.2 Å². The smallest absolute Gasteiger partial charge is 0.196 e. The van der Waals surface area contributed by atoms with E-state index in [2.05, 4.69) is 4.90 Å². The van der Waals surface area contributed by atoms with Gasteiger partial charge in [0.15, 0.2) is 5.78 Å². The highest BCUT2D eigenvalue weighted by atomic mass is 35.5. The summed E-state index contributed by atoms with van der Waals surface area (Å²) in [5.74, 6) is 2.10. The van der Waals surface area contributed by atoms with Crippen molar-refractivity contribution in [1.82, 2.24) is 4.90 Å². The Kier molecular flexibility index (Phi) is 8.35. The third kappa shape index (κ3) is 6.00. The van der Waals surface area contributed by atoms with Crippen molar-refractivity contribution in [2.45, 2.75) is 6.92 Å². The highest BCUT2D eigenvalue weighted by Crippen LogP contribution is 2.31. The van der Waals surface area contributed by atoms with Gasteiger partial charge in [0.05, 0.1) is 25.4 Å². The molecule has 0 N–H and O–H groups in total. The number of fused-ring (bicyclic) bond motifs is 1. The van der Waals surface area contributed by atoms with Gasteiger partial charge in [-0.25, -0.2) is 0 Å². The second-order valence-electron chi connectivity index (χ2n) is 7.25. The molecule has 4 rings (SSSR count). The van der Waals surface area contributed by atoms with Crippen LogP contribution in [-0.4, -0.2) is 63.4 Å². The van der Waals surface area contributed by atoms with Crippen LogP contribution in [0.1, 0.15) is 22.8 Å². The number of nitrogens with zero attached hydrogens (tertiary/aromatic N) is 1. The van der Waals surface area contributed by atoms with Gasteiger partial charge in [0.2, 0.25) is 0 Å². The standard InChI is InChI=1S/C24H27NO5.ClH/c1-2-28-21-7-8-22-23(16-21)30-17-19(24(22)26)15-18-3-5-20(6-4-18)29-14-11-25-9-12-27-13-10-25;/h3-8,15-16H,2,9-14,17H2,1H3;1H/b19-15+;. The number of benzene rings is 2. The van der Waals surface area contributed by atoms with E-state index in [4.69, 9.17) is 18.9 Å². The molecule has 0 unspecified atom stereocenters. The molecule has 0 aliphatic carbocycles. The first-order valence-corrected chi connectivity index (χ1v) is 10.4. The largest absolute Gasteiger partial charge is 0.494 e. The molecule has 2 aliphatic rings. The van der Waals surface area contributed by atoms with E-state index in [9.17, 15) is 4.79 Å². The number of halogens is 1. The number of morpholine rings is 1.